The van der Waals surface area contributed by atoms with Crippen molar-refractivity contribution < 1.29 is 0 Å². The normalized spacial score (nSPS) is 10.5. The van der Waals surface area contributed by atoms with Crippen molar-refractivity contribution in [2.24, 2.45) is 33.6 Å². The number of nitrogens with one attached hydrogen (secondary N) is 4. The summed E-state index contributed by atoms with van der Waals surface area (Å²) in [6.45, 7) is 0. The van der Waals surface area contributed by atoms with Crippen LogP contribution in [0.3, 0.4) is 0 Å². The Morgan fingerprint density at radius 3 is 1.00 bits per heavy atom. The lowest BCUT2D eigenvalue weighted by molar-refractivity contribution is 0.950. The van der Waals surface area contributed by atoms with Gasteiger partial charge < -0.3 is 0 Å². The molecule has 0 atom stereocenters. The average Bonchev–Trinajstić information content (AvgIpc) is 2.59. The first-order valence-electron chi connectivity index (χ1n) is 5.49. The van der Waals surface area contributed by atoms with Crippen LogP contribution in [0.4, 0.5) is 35.7 Å². The van der Waals surface area contributed by atoms with Gasteiger partial charge in [0.15, 0.2) is 0 Å². The summed E-state index contributed by atoms with van der Waals surface area (Å²) in [6.07, 6.45) is 0. The van der Waals surface area contributed by atoms with Crippen molar-refractivity contribution in [3.05, 3.63) is 0 Å². The maximum atomic E-state index is 5.20. The lowest BCUT2D eigenvalue weighted by Gasteiger charge is -2.03. The van der Waals surface area contributed by atoms with Crippen LogP contribution in [0.2, 0.25) is 0 Å². The number of hydrazine groups is 4. The molecule has 16 nitrogen and oxygen atoms in total. The molecule has 0 radical (unpaired) electrons. The summed E-state index contributed by atoms with van der Waals surface area (Å²) in [4.78, 5) is 22.9. The molecule has 0 spiro atoms. The van der Waals surface area contributed by atoms with Crippen LogP contribution >= 0.6 is 0 Å². The third kappa shape index (κ3) is 3.61. The van der Waals surface area contributed by atoms with Crippen molar-refractivity contribution in [1.82, 2.24) is 29.9 Å². The van der Waals surface area contributed by atoms with Crippen molar-refractivity contribution in [2.45, 2.75) is 0 Å². The number of anilines is 4. The largest absolute Gasteiger partial charge is 0.292 e. The molecule has 2 rings (SSSR count). The van der Waals surface area contributed by atoms with E-state index < -0.39 is 0 Å². The highest BCUT2D eigenvalue weighted by molar-refractivity contribution is 5.39. The second kappa shape index (κ2) is 6.90. The van der Waals surface area contributed by atoms with Crippen LogP contribution in [-0.2, 0) is 0 Å². The predicted octanol–water partition coefficient (Wildman–Crippen LogP) is -2.39. The minimum atomic E-state index is -0.0965. The molecule has 2 aromatic rings. The fraction of sp³-hybridized carbons (Fsp3) is 0. The van der Waals surface area contributed by atoms with Gasteiger partial charge in [-0.1, -0.05) is 0 Å². The second-order valence-electron chi connectivity index (χ2n) is 3.34. The van der Waals surface area contributed by atoms with E-state index in [2.05, 4.69) is 61.8 Å². The Morgan fingerprint density at radius 2 is 0.773 bits per heavy atom. The number of nitrogen functional groups attached to an aromatic ring is 4. The molecule has 0 fully saturated rings. The Labute approximate surface area is 122 Å². The van der Waals surface area contributed by atoms with Gasteiger partial charge in [-0.25, -0.2) is 23.4 Å². The highest BCUT2D eigenvalue weighted by atomic mass is 15.4. The van der Waals surface area contributed by atoms with Crippen LogP contribution in [0, 0.1) is 0 Å². The number of aromatic nitrogens is 6. The molecular formula is C6H12N16. The van der Waals surface area contributed by atoms with Gasteiger partial charge >= 0.3 is 0 Å². The molecule has 0 aliphatic rings. The molecule has 0 saturated carbocycles. The quantitative estimate of drug-likeness (QED) is 0.157. The predicted molar refractivity (Wildman–Crippen MR) is 75.1 cm³/mol. The molecule has 0 saturated heterocycles. The lowest BCUT2D eigenvalue weighted by Crippen LogP contribution is -2.16. The standard InChI is InChI=1S/C6H12N16/c7-17-1-11-2(18-8)14-5(13-1)21-22-6-15-3(19-9)12-4(16-6)20-10/h7-10H2,(H2,11,13,14,17,18)(H2,12,15,16,19,20). The van der Waals surface area contributed by atoms with E-state index in [0.29, 0.717) is 0 Å². The van der Waals surface area contributed by atoms with Gasteiger partial charge in [0.05, 0.1) is 0 Å². The molecule has 16 heteroatoms. The summed E-state index contributed by atoms with van der Waals surface area (Å²) in [5, 5.41) is 7.45. The molecular weight excluding hydrogens is 296 g/mol. The van der Waals surface area contributed by atoms with Crippen molar-refractivity contribution in [3.63, 3.8) is 0 Å². The summed E-state index contributed by atoms with van der Waals surface area (Å²) in [6, 6.07) is 0. The fourth-order valence-electron chi connectivity index (χ4n) is 1.17. The van der Waals surface area contributed by atoms with Crippen molar-refractivity contribution in [2.75, 3.05) is 21.7 Å². The van der Waals surface area contributed by atoms with E-state index in [-0.39, 0.29) is 35.7 Å². The van der Waals surface area contributed by atoms with Crippen LogP contribution in [0.1, 0.15) is 0 Å². The van der Waals surface area contributed by atoms with Crippen molar-refractivity contribution >= 4 is 35.7 Å². The Morgan fingerprint density at radius 1 is 0.500 bits per heavy atom. The third-order valence-electron chi connectivity index (χ3n) is 1.99. The van der Waals surface area contributed by atoms with Gasteiger partial charge in [-0.2, -0.15) is 29.9 Å². The Hall–Kier alpha value is -3.34. The molecule has 0 aromatic carbocycles. The average molecular weight is 308 g/mol. The topological polar surface area (TPSA) is 254 Å². The van der Waals surface area contributed by atoms with E-state index in [4.69, 9.17) is 23.4 Å². The van der Waals surface area contributed by atoms with Crippen LogP contribution in [-0.4, -0.2) is 29.9 Å². The molecule has 22 heavy (non-hydrogen) atoms. The van der Waals surface area contributed by atoms with E-state index >= 15 is 0 Å². The SMILES string of the molecule is NNc1nc(N=Nc2nc(NN)nc(NN)n2)nc(NN)n1. The zero-order valence-corrected chi connectivity index (χ0v) is 10.9. The van der Waals surface area contributed by atoms with Crippen LogP contribution in [0.5, 0.6) is 0 Å². The van der Waals surface area contributed by atoms with Gasteiger partial charge in [0.2, 0.25) is 23.8 Å². The molecule has 0 bridgehead atoms. The van der Waals surface area contributed by atoms with E-state index in [1.54, 1.807) is 0 Å². The Balaban J connectivity index is 2.31. The molecule has 2 heterocycles. The maximum Gasteiger partial charge on any atom is 0.275 e. The van der Waals surface area contributed by atoms with Crippen LogP contribution < -0.4 is 45.1 Å². The van der Waals surface area contributed by atoms with Gasteiger partial charge in [-0.05, 0) is 0 Å². The van der Waals surface area contributed by atoms with E-state index in [1.165, 1.54) is 0 Å². The highest BCUT2D eigenvalue weighted by Gasteiger charge is 2.06. The molecule has 116 valence electrons. The number of rotatable bonds is 6. The third-order valence-corrected chi connectivity index (χ3v) is 1.99. The zero-order valence-electron chi connectivity index (χ0n) is 10.9. The number of azo groups is 1. The summed E-state index contributed by atoms with van der Waals surface area (Å²) in [5.74, 6) is 20.7. The van der Waals surface area contributed by atoms with Crippen LogP contribution in [0.15, 0.2) is 10.2 Å². The van der Waals surface area contributed by atoms with Crippen molar-refractivity contribution in [3.8, 4) is 0 Å². The summed E-state index contributed by atoms with van der Waals surface area (Å²) in [5.41, 5.74) is 8.89. The first kappa shape index (κ1) is 15.1. The zero-order chi connectivity index (χ0) is 15.9. The minimum absolute atomic E-state index is 0.0289. The molecule has 0 unspecified atom stereocenters. The molecule has 12 N–H and O–H groups in total. The van der Waals surface area contributed by atoms with E-state index in [1.807, 2.05) is 0 Å². The molecule has 0 aliphatic heterocycles. The van der Waals surface area contributed by atoms with Gasteiger partial charge in [-0.3, -0.25) is 21.7 Å². The van der Waals surface area contributed by atoms with Gasteiger partial charge in [0.1, 0.15) is 0 Å². The molecule has 0 aliphatic carbocycles. The lowest BCUT2D eigenvalue weighted by atomic mass is 10.8. The maximum absolute atomic E-state index is 5.20. The Bertz CT molecular complexity index is 564. The Kier molecular flexibility index (Phi) is 4.72. The van der Waals surface area contributed by atoms with Crippen molar-refractivity contribution in [1.29, 1.82) is 0 Å². The fourth-order valence-corrected chi connectivity index (χ4v) is 1.17. The first-order chi connectivity index (χ1) is 10.7. The summed E-state index contributed by atoms with van der Waals surface area (Å²) in [7, 11) is 0. The summed E-state index contributed by atoms with van der Waals surface area (Å²) < 4.78 is 0. The number of hydrogen-bond donors (Lipinski definition) is 8. The van der Waals surface area contributed by atoms with Gasteiger partial charge in [0.25, 0.3) is 11.9 Å². The van der Waals surface area contributed by atoms with E-state index in [9.17, 15) is 0 Å². The number of nitrogens with zero attached hydrogens (tertiary/aromatic N) is 8. The van der Waals surface area contributed by atoms with Gasteiger partial charge in [0, 0.05) is 0 Å². The minimum Gasteiger partial charge on any atom is -0.292 e. The number of nitrogens with two attached hydrogens (primary N) is 4. The molecule has 0 amide bonds. The van der Waals surface area contributed by atoms with Gasteiger partial charge in [-0.15, -0.1) is 10.2 Å². The summed E-state index contributed by atoms with van der Waals surface area (Å²) >= 11 is 0. The monoisotopic (exact) mass is 308 g/mol. The molecule has 2 aromatic heterocycles. The van der Waals surface area contributed by atoms with E-state index in [0.717, 1.165) is 0 Å². The number of hydrogen-bond acceptors (Lipinski definition) is 16. The van der Waals surface area contributed by atoms with Crippen LogP contribution in [0.25, 0.3) is 0 Å². The highest BCUT2D eigenvalue weighted by Crippen LogP contribution is 2.15. The smallest absolute Gasteiger partial charge is 0.275 e. The second-order valence-corrected chi connectivity index (χ2v) is 3.34. The first-order valence-corrected chi connectivity index (χ1v) is 5.49.